The van der Waals surface area contributed by atoms with Crippen molar-refractivity contribution in [3.8, 4) is 0 Å². The standard InChI is InChI=1S/C4H10O.C2H3NO5/c1-3-5-4-2;4-2(5)1-8-3(6)7/h3-4H2,1-2H3;1H2,(H,4,5). The third-order valence-electron chi connectivity index (χ3n) is 0.702. The summed E-state index contributed by atoms with van der Waals surface area (Å²) in [4.78, 5) is 22.1. The molecule has 0 spiro atoms. The molecule has 0 fully saturated rings. The van der Waals surface area contributed by atoms with Gasteiger partial charge in [-0.25, -0.2) is 0 Å². The van der Waals surface area contributed by atoms with Gasteiger partial charge in [0.05, 0.1) is 0 Å². The average Bonchev–Trinajstić information content (AvgIpc) is 2.03. The lowest BCUT2D eigenvalue weighted by atomic mass is 10.8. The Labute approximate surface area is 75.4 Å². The Morgan fingerprint density at radius 3 is 2.00 bits per heavy atom. The van der Waals surface area contributed by atoms with Crippen LogP contribution in [-0.2, 0) is 14.4 Å². The Balaban J connectivity index is 0. The zero-order valence-corrected chi connectivity index (χ0v) is 7.56. The summed E-state index contributed by atoms with van der Waals surface area (Å²) < 4.78 is 4.83. The van der Waals surface area contributed by atoms with E-state index in [0.29, 0.717) is 0 Å². The van der Waals surface area contributed by atoms with E-state index in [2.05, 4.69) is 4.84 Å². The molecule has 1 N–H and O–H groups in total. The number of ether oxygens (including phenoxy) is 1. The van der Waals surface area contributed by atoms with Crippen LogP contribution >= 0.6 is 0 Å². The van der Waals surface area contributed by atoms with E-state index in [1.807, 2.05) is 13.8 Å². The van der Waals surface area contributed by atoms with Gasteiger partial charge in [0.1, 0.15) is 0 Å². The summed E-state index contributed by atoms with van der Waals surface area (Å²) in [6.45, 7) is 4.77. The van der Waals surface area contributed by atoms with Gasteiger partial charge in [-0.3, -0.25) is 4.79 Å². The lowest BCUT2D eigenvalue weighted by molar-refractivity contribution is -0.754. The Hall–Kier alpha value is -1.37. The van der Waals surface area contributed by atoms with E-state index >= 15 is 0 Å². The summed E-state index contributed by atoms with van der Waals surface area (Å²) >= 11 is 0. The van der Waals surface area contributed by atoms with Crippen LogP contribution in [0.1, 0.15) is 13.8 Å². The van der Waals surface area contributed by atoms with Crippen LogP contribution in [0.4, 0.5) is 0 Å². The topological polar surface area (TPSA) is 98.9 Å². The molecule has 0 bridgehead atoms. The average molecular weight is 195 g/mol. The molecule has 0 radical (unpaired) electrons. The first-order valence-corrected chi connectivity index (χ1v) is 3.61. The minimum Gasteiger partial charge on any atom is -0.480 e. The summed E-state index contributed by atoms with van der Waals surface area (Å²) in [5.41, 5.74) is 0. The fourth-order valence-corrected chi connectivity index (χ4v) is 0.312. The Bertz CT molecular complexity index is 132. The van der Waals surface area contributed by atoms with Crippen LogP contribution in [0.15, 0.2) is 0 Å². The maximum Gasteiger partial charge on any atom is 0.329 e. The molecule has 0 saturated carbocycles. The van der Waals surface area contributed by atoms with E-state index in [4.69, 9.17) is 9.84 Å². The van der Waals surface area contributed by atoms with Gasteiger partial charge in [0, 0.05) is 13.2 Å². The second-order valence-corrected chi connectivity index (χ2v) is 1.67. The zero-order chi connectivity index (χ0) is 10.7. The van der Waals surface area contributed by atoms with Crippen LogP contribution in [0.3, 0.4) is 0 Å². The van der Waals surface area contributed by atoms with Gasteiger partial charge in [-0.05, 0) is 13.8 Å². The smallest absolute Gasteiger partial charge is 0.329 e. The molecular weight excluding hydrogens is 182 g/mol. The van der Waals surface area contributed by atoms with Gasteiger partial charge < -0.3 is 14.7 Å². The maximum absolute atomic E-state index is 9.47. The fourth-order valence-electron chi connectivity index (χ4n) is 0.312. The number of rotatable bonds is 5. The number of hydrogen-bond acceptors (Lipinski definition) is 5. The Morgan fingerprint density at radius 1 is 1.46 bits per heavy atom. The van der Waals surface area contributed by atoms with Crippen LogP contribution in [0, 0.1) is 10.1 Å². The van der Waals surface area contributed by atoms with Crippen molar-refractivity contribution in [2.45, 2.75) is 13.8 Å². The summed E-state index contributed by atoms with van der Waals surface area (Å²) in [6.07, 6.45) is 0. The molecule has 0 aromatic heterocycles. The highest BCUT2D eigenvalue weighted by Crippen LogP contribution is 1.71. The predicted octanol–water partition coefficient (Wildman–Crippen LogP) is 0.322. The number of carboxylic acids is 1. The monoisotopic (exact) mass is 195 g/mol. The molecule has 0 amide bonds. The molecule has 0 aromatic rings. The van der Waals surface area contributed by atoms with Crippen LogP contribution in [0.2, 0.25) is 0 Å². The fraction of sp³-hybridized carbons (Fsp3) is 0.833. The highest BCUT2D eigenvalue weighted by atomic mass is 17.0. The van der Waals surface area contributed by atoms with Gasteiger partial charge in [-0.2, -0.15) is 0 Å². The lowest BCUT2D eigenvalue weighted by Crippen LogP contribution is -2.10. The van der Waals surface area contributed by atoms with E-state index < -0.39 is 17.7 Å². The Morgan fingerprint density at radius 2 is 1.92 bits per heavy atom. The molecule has 0 atom stereocenters. The van der Waals surface area contributed by atoms with Gasteiger partial charge in [0.15, 0.2) is 6.61 Å². The normalized spacial score (nSPS) is 8.15. The first-order chi connectivity index (χ1) is 6.04. The molecular formula is C6H13NO6. The quantitative estimate of drug-likeness (QED) is 0.501. The van der Waals surface area contributed by atoms with Crippen molar-refractivity contribution >= 4 is 5.97 Å². The lowest BCUT2D eigenvalue weighted by Gasteiger charge is -1.88. The minimum atomic E-state index is -1.36. The molecule has 0 aliphatic rings. The maximum atomic E-state index is 9.47. The van der Waals surface area contributed by atoms with E-state index in [9.17, 15) is 14.9 Å². The van der Waals surface area contributed by atoms with Crippen LogP contribution in [0.25, 0.3) is 0 Å². The molecule has 0 rings (SSSR count). The number of aliphatic carboxylic acids is 1. The molecule has 13 heavy (non-hydrogen) atoms. The number of carboxylic acid groups (broad SMARTS) is 1. The van der Waals surface area contributed by atoms with E-state index in [0.717, 1.165) is 13.2 Å². The molecule has 0 aromatic carbocycles. The van der Waals surface area contributed by atoms with Crippen LogP contribution in [-0.4, -0.2) is 36.0 Å². The highest BCUT2D eigenvalue weighted by Gasteiger charge is 1.98. The number of hydrogen-bond donors (Lipinski definition) is 1. The SMILES string of the molecule is CCOCC.O=C(O)CO[N+](=O)[O-]. The summed E-state index contributed by atoms with van der Waals surface area (Å²) in [5.74, 6) is -1.36. The van der Waals surface area contributed by atoms with Crippen molar-refractivity contribution in [3.05, 3.63) is 10.1 Å². The largest absolute Gasteiger partial charge is 0.480 e. The molecule has 0 aliphatic carbocycles. The zero-order valence-electron chi connectivity index (χ0n) is 7.56. The second-order valence-electron chi connectivity index (χ2n) is 1.67. The highest BCUT2D eigenvalue weighted by molar-refractivity contribution is 5.67. The van der Waals surface area contributed by atoms with Crippen molar-refractivity contribution in [2.75, 3.05) is 19.8 Å². The summed E-state index contributed by atoms with van der Waals surface area (Å²) in [5, 5.41) is 15.8. The van der Waals surface area contributed by atoms with Gasteiger partial charge in [-0.15, -0.1) is 10.1 Å². The molecule has 7 heteroatoms. The molecule has 78 valence electrons. The van der Waals surface area contributed by atoms with Crippen LogP contribution < -0.4 is 0 Å². The summed E-state index contributed by atoms with van der Waals surface area (Å²) in [7, 11) is 0. The molecule has 0 unspecified atom stereocenters. The summed E-state index contributed by atoms with van der Waals surface area (Å²) in [6, 6.07) is 0. The number of carbonyl (C=O) groups is 1. The van der Waals surface area contributed by atoms with Crippen molar-refractivity contribution in [1.29, 1.82) is 0 Å². The molecule has 7 nitrogen and oxygen atoms in total. The first kappa shape index (κ1) is 14.2. The first-order valence-electron chi connectivity index (χ1n) is 3.61. The predicted molar refractivity (Wildman–Crippen MR) is 42.7 cm³/mol. The van der Waals surface area contributed by atoms with E-state index in [1.54, 1.807) is 0 Å². The Kier molecular flexibility index (Phi) is 11.6. The molecule has 0 heterocycles. The third kappa shape index (κ3) is 25.0. The van der Waals surface area contributed by atoms with Crippen molar-refractivity contribution in [1.82, 2.24) is 0 Å². The van der Waals surface area contributed by atoms with E-state index in [-0.39, 0.29) is 0 Å². The van der Waals surface area contributed by atoms with Gasteiger partial charge in [-0.1, -0.05) is 0 Å². The van der Waals surface area contributed by atoms with Crippen molar-refractivity contribution in [2.24, 2.45) is 0 Å². The van der Waals surface area contributed by atoms with Gasteiger partial charge >= 0.3 is 5.97 Å². The van der Waals surface area contributed by atoms with Crippen LogP contribution in [0.5, 0.6) is 0 Å². The van der Waals surface area contributed by atoms with Crippen molar-refractivity contribution in [3.63, 3.8) is 0 Å². The van der Waals surface area contributed by atoms with Gasteiger partial charge in [0.2, 0.25) is 0 Å². The second kappa shape index (κ2) is 10.6. The third-order valence-corrected chi connectivity index (χ3v) is 0.702. The molecule has 0 aliphatic heterocycles. The van der Waals surface area contributed by atoms with Crippen molar-refractivity contribution < 1.29 is 24.6 Å². The number of nitrogens with zero attached hydrogens (tertiary/aromatic N) is 1. The van der Waals surface area contributed by atoms with E-state index in [1.165, 1.54) is 0 Å². The van der Waals surface area contributed by atoms with Gasteiger partial charge in [0.25, 0.3) is 5.09 Å². The molecule has 0 saturated heterocycles. The minimum absolute atomic E-state index is 0.844.